The number of methoxy groups -OCH3 is 1. The number of hydrogen-bond acceptors (Lipinski definition) is 8. The number of nitrogens with one attached hydrogen (secondary N) is 2. The van der Waals surface area contributed by atoms with Gasteiger partial charge in [-0.3, -0.25) is 19.1 Å². The van der Waals surface area contributed by atoms with Gasteiger partial charge in [0.25, 0.3) is 15.9 Å². The Labute approximate surface area is 222 Å². The highest BCUT2D eigenvalue weighted by molar-refractivity contribution is 7.93. The number of anilines is 2. The third-order valence-corrected chi connectivity index (χ3v) is 8.10. The van der Waals surface area contributed by atoms with Crippen LogP contribution in [0.25, 0.3) is 0 Å². The van der Waals surface area contributed by atoms with E-state index in [0.29, 0.717) is 38.9 Å². The monoisotopic (exact) mass is 575 g/mol. The Morgan fingerprint density at radius 2 is 1.97 bits per heavy atom. The number of nitrogens with zero attached hydrogens (tertiary/aromatic N) is 3. The first kappa shape index (κ1) is 28.3. The molecule has 1 atom stereocenters. The lowest BCUT2D eigenvalue weighted by Gasteiger charge is -2.35. The molecule has 39 heavy (non-hydrogen) atoms. The van der Waals surface area contributed by atoms with Crippen LogP contribution in [-0.4, -0.2) is 68.3 Å². The van der Waals surface area contributed by atoms with Crippen molar-refractivity contribution in [2.24, 2.45) is 0 Å². The number of rotatable bonds is 7. The van der Waals surface area contributed by atoms with Crippen LogP contribution in [0.5, 0.6) is 11.6 Å². The fourth-order valence-electron chi connectivity index (χ4n) is 4.20. The van der Waals surface area contributed by atoms with Gasteiger partial charge < -0.3 is 19.5 Å². The van der Waals surface area contributed by atoms with E-state index in [-0.39, 0.29) is 46.9 Å². The summed E-state index contributed by atoms with van der Waals surface area (Å²) in [6.45, 7) is 3.02. The van der Waals surface area contributed by atoms with E-state index in [4.69, 9.17) is 9.47 Å². The molecule has 0 fully saturated rings. The van der Waals surface area contributed by atoms with Crippen molar-refractivity contribution in [3.05, 3.63) is 23.9 Å². The lowest BCUT2D eigenvalue weighted by Crippen LogP contribution is -2.48. The molecule has 0 aliphatic carbocycles. The number of sulfonamides is 1. The molecule has 1 aromatic carbocycles. The van der Waals surface area contributed by atoms with Crippen molar-refractivity contribution in [3.63, 3.8) is 0 Å². The molecule has 2 aliphatic heterocycles. The molecule has 0 bridgehead atoms. The molecule has 4 rings (SSSR count). The highest BCUT2D eigenvalue weighted by Gasteiger charge is 2.51. The number of carbonyl (C=O) groups excluding carboxylic acids is 2. The van der Waals surface area contributed by atoms with Crippen LogP contribution < -0.4 is 24.4 Å². The fourth-order valence-corrected chi connectivity index (χ4v) is 6.03. The Balaban J connectivity index is 1.71. The second-order valence-corrected chi connectivity index (χ2v) is 11.3. The van der Waals surface area contributed by atoms with E-state index in [1.807, 2.05) is 0 Å². The van der Waals surface area contributed by atoms with Gasteiger partial charge in [-0.05, 0) is 44.9 Å². The normalized spacial score (nSPS) is 17.1. The highest BCUT2D eigenvalue weighted by atomic mass is 32.2. The second kappa shape index (κ2) is 10.1. The fraction of sp³-hybridized carbons (Fsp3) is 0.522. The van der Waals surface area contributed by atoms with Crippen molar-refractivity contribution in [3.8, 4) is 11.6 Å². The van der Waals surface area contributed by atoms with Gasteiger partial charge in [0, 0.05) is 19.2 Å². The summed E-state index contributed by atoms with van der Waals surface area (Å²) in [7, 11) is -3.02. The van der Waals surface area contributed by atoms with Gasteiger partial charge in [-0.15, -0.1) is 5.10 Å². The maximum atomic E-state index is 14.1. The van der Waals surface area contributed by atoms with Crippen LogP contribution in [0, 0.1) is 0 Å². The van der Waals surface area contributed by atoms with Crippen LogP contribution in [-0.2, 0) is 32.5 Å². The minimum atomic E-state index is -4.81. The van der Waals surface area contributed by atoms with Gasteiger partial charge in [-0.25, -0.2) is 13.2 Å². The zero-order chi connectivity index (χ0) is 28.8. The molecule has 16 heteroatoms. The summed E-state index contributed by atoms with van der Waals surface area (Å²) in [5.41, 5.74) is -2.30. The van der Waals surface area contributed by atoms with Crippen molar-refractivity contribution < 1.29 is 45.4 Å². The number of halogens is 3. The first-order valence-corrected chi connectivity index (χ1v) is 13.4. The maximum Gasteiger partial charge on any atom is 0.427 e. The number of fused-ring (bicyclic) bond motifs is 2. The second-order valence-electron chi connectivity index (χ2n) is 9.53. The van der Waals surface area contributed by atoms with Crippen LogP contribution in [0.2, 0.25) is 0 Å². The number of aromatic nitrogens is 2. The maximum absolute atomic E-state index is 14.1. The van der Waals surface area contributed by atoms with Crippen molar-refractivity contribution in [1.29, 1.82) is 0 Å². The van der Waals surface area contributed by atoms with E-state index in [2.05, 4.69) is 20.5 Å². The van der Waals surface area contributed by atoms with Gasteiger partial charge >= 0.3 is 12.3 Å². The van der Waals surface area contributed by atoms with Crippen molar-refractivity contribution in [2.75, 3.05) is 29.8 Å². The van der Waals surface area contributed by atoms with Gasteiger partial charge in [-0.1, -0.05) is 0 Å². The van der Waals surface area contributed by atoms with Crippen LogP contribution in [0.3, 0.4) is 0 Å². The van der Waals surface area contributed by atoms with E-state index in [0.717, 1.165) is 4.31 Å². The third kappa shape index (κ3) is 5.55. The van der Waals surface area contributed by atoms with Crippen molar-refractivity contribution >= 4 is 33.4 Å². The predicted octanol–water partition coefficient (Wildman–Crippen LogP) is 2.82. The quantitative estimate of drug-likeness (QED) is 0.514. The Morgan fingerprint density at radius 3 is 2.62 bits per heavy atom. The Morgan fingerprint density at radius 1 is 1.26 bits per heavy atom. The van der Waals surface area contributed by atoms with E-state index < -0.39 is 34.0 Å². The summed E-state index contributed by atoms with van der Waals surface area (Å²) in [5.74, 6) is -0.310. The van der Waals surface area contributed by atoms with Gasteiger partial charge in [0.2, 0.25) is 11.5 Å². The number of aryl methyl sites for hydroxylation is 1. The summed E-state index contributed by atoms with van der Waals surface area (Å²) in [4.78, 5) is 23.6. The Bertz CT molecular complexity index is 1390. The first-order chi connectivity index (χ1) is 18.1. The van der Waals surface area contributed by atoms with Gasteiger partial charge in [-0.2, -0.15) is 13.2 Å². The Hall–Kier alpha value is -3.69. The summed E-state index contributed by atoms with van der Waals surface area (Å²) >= 11 is 0. The molecule has 2 N–H and O–H groups in total. The molecule has 3 heterocycles. The molecule has 12 nitrogen and oxygen atoms in total. The molecule has 2 aromatic rings. The van der Waals surface area contributed by atoms with Gasteiger partial charge in [0.15, 0.2) is 4.90 Å². The lowest BCUT2D eigenvalue weighted by molar-refractivity contribution is -0.242. The topological polar surface area (TPSA) is 141 Å². The summed E-state index contributed by atoms with van der Waals surface area (Å²) in [6.07, 6.45) is -5.82. The number of alkyl halides is 3. The number of ether oxygens (including phenoxy) is 3. The molecular weight excluding hydrogens is 547 g/mol. The van der Waals surface area contributed by atoms with Gasteiger partial charge in [0.1, 0.15) is 11.9 Å². The molecule has 0 saturated carbocycles. The predicted molar refractivity (Wildman–Crippen MR) is 131 cm³/mol. The minimum absolute atomic E-state index is 0.00288. The molecule has 2 aliphatic rings. The largest absolute Gasteiger partial charge is 0.484 e. The number of amides is 2. The molecule has 0 saturated heterocycles. The zero-order valence-corrected chi connectivity index (χ0v) is 22.4. The van der Waals surface area contributed by atoms with Crippen LogP contribution in [0.4, 0.5) is 29.3 Å². The number of carbonyl (C=O) groups is 2. The van der Waals surface area contributed by atoms with Crippen molar-refractivity contribution in [1.82, 2.24) is 15.1 Å². The average molecular weight is 576 g/mol. The Kier molecular flexibility index (Phi) is 7.35. The smallest absolute Gasteiger partial charge is 0.427 e. The zero-order valence-electron chi connectivity index (χ0n) is 21.6. The molecule has 1 unspecified atom stereocenters. The number of benzene rings is 1. The molecule has 2 amide bonds. The molecule has 0 radical (unpaired) electrons. The SMILES string of the molecule is COc1nn2c(c1S(=O)(=O)N1CC(CNC(C)=O)Oc3ccc(NC(=O)OC(C)(C)C(F)(F)F)cc31)CCC2. The van der Waals surface area contributed by atoms with Crippen LogP contribution >= 0.6 is 0 Å². The standard InChI is InChI=1S/C23H28F3N5O7S/c1-13(32)27-11-15-12-31(39(34,35)19-16-6-5-9-30(16)29-20(19)36-4)17-10-14(7-8-18(17)37-15)28-21(33)38-22(2,3)23(24,25)26/h7-8,10,15H,5-6,9,11-12H2,1-4H3,(H,27,32)(H,28,33). The lowest BCUT2D eigenvalue weighted by atomic mass is 10.1. The van der Waals surface area contributed by atoms with E-state index >= 15 is 0 Å². The first-order valence-electron chi connectivity index (χ1n) is 11.9. The van der Waals surface area contributed by atoms with Crippen molar-refractivity contribution in [2.45, 2.75) is 62.9 Å². The average Bonchev–Trinajstić information content (AvgIpc) is 3.42. The summed E-state index contributed by atoms with van der Waals surface area (Å²) in [6, 6.07) is 3.94. The van der Waals surface area contributed by atoms with E-state index in [1.54, 1.807) is 4.68 Å². The summed E-state index contributed by atoms with van der Waals surface area (Å²) in [5, 5.41) is 9.05. The van der Waals surface area contributed by atoms with E-state index in [9.17, 15) is 31.2 Å². The molecular formula is C23H28F3N5O7S. The van der Waals surface area contributed by atoms with E-state index in [1.165, 1.54) is 32.2 Å². The summed E-state index contributed by atoms with van der Waals surface area (Å²) < 4.78 is 85.9. The minimum Gasteiger partial charge on any atom is -0.484 e. The van der Waals surface area contributed by atoms with Gasteiger partial charge in [0.05, 0.1) is 31.6 Å². The number of hydrogen-bond donors (Lipinski definition) is 2. The molecule has 1 aromatic heterocycles. The highest BCUT2D eigenvalue weighted by Crippen LogP contribution is 2.42. The molecule has 0 spiro atoms. The van der Waals surface area contributed by atoms with Crippen LogP contribution in [0.1, 0.15) is 32.9 Å². The molecule has 214 valence electrons. The van der Waals surface area contributed by atoms with Crippen LogP contribution in [0.15, 0.2) is 23.1 Å². The third-order valence-electron chi connectivity index (χ3n) is 6.25.